The number of likely N-dealkylation sites (tertiary alicyclic amines) is 1. The van der Waals surface area contributed by atoms with Gasteiger partial charge in [-0.1, -0.05) is 15.9 Å². The summed E-state index contributed by atoms with van der Waals surface area (Å²) in [5, 5.41) is 0. The van der Waals surface area contributed by atoms with E-state index in [0.29, 0.717) is 32.7 Å². The number of benzene rings is 1. The highest BCUT2D eigenvalue weighted by molar-refractivity contribution is 9.10. The van der Waals surface area contributed by atoms with Crippen molar-refractivity contribution in [3.05, 3.63) is 28.7 Å². The van der Waals surface area contributed by atoms with E-state index in [1.165, 1.54) is 0 Å². The third kappa shape index (κ3) is 4.86. The Balaban J connectivity index is 1.31. The number of anilines is 1. The zero-order valence-corrected chi connectivity index (χ0v) is 18.8. The van der Waals surface area contributed by atoms with E-state index in [1.54, 1.807) is 4.90 Å². The lowest BCUT2D eigenvalue weighted by Crippen LogP contribution is -2.42. The standard InChI is InChI=1S/C22H29BrN4O3/c23-18-4-6-19(7-5-18)27-15-17(14-20(27)28)22(30)26-11-3-8-24(12-13-26)16-21(29)25-9-1-2-10-25/h4-7,17H,1-3,8-16H2. The number of hydrogen-bond acceptors (Lipinski definition) is 4. The predicted molar refractivity (Wildman–Crippen MR) is 118 cm³/mol. The van der Waals surface area contributed by atoms with Crippen LogP contribution >= 0.6 is 15.9 Å². The number of nitrogens with zero attached hydrogens (tertiary/aromatic N) is 4. The Morgan fingerprint density at radius 2 is 1.60 bits per heavy atom. The highest BCUT2D eigenvalue weighted by Gasteiger charge is 2.37. The van der Waals surface area contributed by atoms with E-state index in [4.69, 9.17) is 0 Å². The largest absolute Gasteiger partial charge is 0.342 e. The maximum absolute atomic E-state index is 13.1. The molecule has 1 unspecified atom stereocenters. The molecule has 0 radical (unpaired) electrons. The zero-order valence-electron chi connectivity index (χ0n) is 17.3. The third-order valence-corrected chi connectivity index (χ3v) is 6.86. The molecule has 3 heterocycles. The normalized spacial score (nSPS) is 23.2. The molecule has 0 N–H and O–H groups in total. The maximum atomic E-state index is 13.1. The van der Waals surface area contributed by atoms with Crippen molar-refractivity contribution < 1.29 is 14.4 Å². The number of carbonyl (C=O) groups is 3. The summed E-state index contributed by atoms with van der Waals surface area (Å²) in [5.41, 5.74) is 0.834. The Morgan fingerprint density at radius 1 is 0.900 bits per heavy atom. The van der Waals surface area contributed by atoms with Crippen molar-refractivity contribution >= 4 is 39.3 Å². The maximum Gasteiger partial charge on any atom is 0.236 e. The highest BCUT2D eigenvalue weighted by Crippen LogP contribution is 2.27. The Morgan fingerprint density at radius 3 is 2.33 bits per heavy atom. The van der Waals surface area contributed by atoms with Crippen molar-refractivity contribution in [1.82, 2.24) is 14.7 Å². The Kier molecular flexibility index (Phi) is 6.73. The molecule has 0 bridgehead atoms. The summed E-state index contributed by atoms with van der Waals surface area (Å²) in [7, 11) is 0. The molecule has 0 spiro atoms. The number of hydrogen-bond donors (Lipinski definition) is 0. The van der Waals surface area contributed by atoms with Gasteiger partial charge >= 0.3 is 0 Å². The van der Waals surface area contributed by atoms with Crippen LogP contribution in [0.3, 0.4) is 0 Å². The summed E-state index contributed by atoms with van der Waals surface area (Å²) in [6.45, 7) is 5.49. The van der Waals surface area contributed by atoms with Crippen LogP contribution in [0.1, 0.15) is 25.7 Å². The first-order chi connectivity index (χ1) is 14.5. The van der Waals surface area contributed by atoms with Crippen molar-refractivity contribution in [3.8, 4) is 0 Å². The van der Waals surface area contributed by atoms with E-state index in [-0.39, 0.29) is 30.1 Å². The first kappa shape index (κ1) is 21.3. The molecular weight excluding hydrogens is 448 g/mol. The Bertz CT molecular complexity index is 794. The fraction of sp³-hybridized carbons (Fsp3) is 0.591. The van der Waals surface area contributed by atoms with Gasteiger partial charge in [-0.15, -0.1) is 0 Å². The smallest absolute Gasteiger partial charge is 0.236 e. The molecule has 3 aliphatic rings. The van der Waals surface area contributed by atoms with Crippen LogP contribution < -0.4 is 4.90 Å². The van der Waals surface area contributed by atoms with Crippen LogP contribution in [-0.2, 0) is 14.4 Å². The molecule has 3 saturated heterocycles. The van der Waals surface area contributed by atoms with Crippen molar-refractivity contribution in [2.75, 3.05) is 57.3 Å². The second-order valence-corrected chi connectivity index (χ2v) is 9.34. The van der Waals surface area contributed by atoms with Crippen molar-refractivity contribution in [2.45, 2.75) is 25.7 Å². The molecule has 3 amide bonds. The predicted octanol–water partition coefficient (Wildman–Crippen LogP) is 1.96. The van der Waals surface area contributed by atoms with Crippen LogP contribution in [0.2, 0.25) is 0 Å². The molecule has 30 heavy (non-hydrogen) atoms. The van der Waals surface area contributed by atoms with E-state index in [1.807, 2.05) is 34.1 Å². The summed E-state index contributed by atoms with van der Waals surface area (Å²) in [6.07, 6.45) is 3.33. The van der Waals surface area contributed by atoms with Crippen LogP contribution in [0.5, 0.6) is 0 Å². The topological polar surface area (TPSA) is 64.2 Å². The van der Waals surface area contributed by atoms with E-state index in [9.17, 15) is 14.4 Å². The second kappa shape index (κ2) is 9.47. The number of halogens is 1. The molecule has 1 atom stereocenters. The van der Waals surface area contributed by atoms with Crippen LogP contribution in [0.15, 0.2) is 28.7 Å². The molecule has 0 aromatic heterocycles. The lowest BCUT2D eigenvalue weighted by Gasteiger charge is -2.25. The lowest BCUT2D eigenvalue weighted by molar-refractivity contribution is -0.135. The molecule has 3 fully saturated rings. The van der Waals surface area contributed by atoms with Crippen molar-refractivity contribution in [1.29, 1.82) is 0 Å². The fourth-order valence-electron chi connectivity index (χ4n) is 4.61. The Labute approximate surface area is 186 Å². The molecule has 1 aromatic carbocycles. The first-order valence-electron chi connectivity index (χ1n) is 10.9. The van der Waals surface area contributed by atoms with Crippen LogP contribution in [-0.4, -0.2) is 84.8 Å². The van der Waals surface area contributed by atoms with Gasteiger partial charge in [0.15, 0.2) is 0 Å². The summed E-state index contributed by atoms with van der Waals surface area (Å²) < 4.78 is 0.961. The SMILES string of the molecule is O=C(CN1CCCN(C(=O)C2CC(=O)N(c3ccc(Br)cc3)C2)CC1)N1CCCC1. The van der Waals surface area contributed by atoms with E-state index >= 15 is 0 Å². The molecule has 7 nitrogen and oxygen atoms in total. The quantitative estimate of drug-likeness (QED) is 0.666. The molecule has 8 heteroatoms. The number of rotatable bonds is 4. The van der Waals surface area contributed by atoms with Gasteiger partial charge in [-0.05, 0) is 43.5 Å². The van der Waals surface area contributed by atoms with Gasteiger partial charge < -0.3 is 14.7 Å². The average molecular weight is 477 g/mol. The monoisotopic (exact) mass is 476 g/mol. The minimum Gasteiger partial charge on any atom is -0.342 e. The molecule has 4 rings (SSSR count). The molecule has 162 valence electrons. The van der Waals surface area contributed by atoms with Gasteiger partial charge in [0.1, 0.15) is 0 Å². The van der Waals surface area contributed by atoms with Gasteiger partial charge in [0.25, 0.3) is 0 Å². The minimum atomic E-state index is -0.293. The first-order valence-corrected chi connectivity index (χ1v) is 11.7. The van der Waals surface area contributed by atoms with Crippen LogP contribution in [0.25, 0.3) is 0 Å². The summed E-state index contributed by atoms with van der Waals surface area (Å²) >= 11 is 3.41. The average Bonchev–Trinajstić information content (AvgIpc) is 3.35. The van der Waals surface area contributed by atoms with Gasteiger partial charge in [0, 0.05) is 62.4 Å². The zero-order chi connectivity index (χ0) is 21.1. The second-order valence-electron chi connectivity index (χ2n) is 8.42. The molecule has 3 aliphatic heterocycles. The molecular formula is C22H29BrN4O3. The van der Waals surface area contributed by atoms with E-state index in [0.717, 1.165) is 49.1 Å². The van der Waals surface area contributed by atoms with Crippen molar-refractivity contribution in [3.63, 3.8) is 0 Å². The summed E-state index contributed by atoms with van der Waals surface area (Å²) in [4.78, 5) is 45.8. The van der Waals surface area contributed by atoms with Gasteiger partial charge in [-0.2, -0.15) is 0 Å². The highest BCUT2D eigenvalue weighted by atomic mass is 79.9. The molecule has 0 saturated carbocycles. The summed E-state index contributed by atoms with van der Waals surface area (Å²) in [5.74, 6) is -0.0169. The summed E-state index contributed by atoms with van der Waals surface area (Å²) in [6, 6.07) is 7.61. The van der Waals surface area contributed by atoms with Gasteiger partial charge in [-0.3, -0.25) is 19.3 Å². The molecule has 0 aliphatic carbocycles. The van der Waals surface area contributed by atoms with Gasteiger partial charge in [-0.25, -0.2) is 0 Å². The van der Waals surface area contributed by atoms with E-state index in [2.05, 4.69) is 20.8 Å². The van der Waals surface area contributed by atoms with Gasteiger partial charge in [0.05, 0.1) is 12.5 Å². The molecule has 1 aromatic rings. The van der Waals surface area contributed by atoms with Crippen LogP contribution in [0, 0.1) is 5.92 Å². The fourth-order valence-corrected chi connectivity index (χ4v) is 4.87. The minimum absolute atomic E-state index is 0.00308. The lowest BCUT2D eigenvalue weighted by atomic mass is 10.1. The van der Waals surface area contributed by atoms with Crippen molar-refractivity contribution in [2.24, 2.45) is 5.92 Å². The van der Waals surface area contributed by atoms with Gasteiger partial charge in [0.2, 0.25) is 17.7 Å². The number of amides is 3. The Hall–Kier alpha value is -1.93. The van der Waals surface area contributed by atoms with Crippen LogP contribution in [0.4, 0.5) is 5.69 Å². The third-order valence-electron chi connectivity index (χ3n) is 6.33. The number of carbonyl (C=O) groups excluding carboxylic acids is 3. The van der Waals surface area contributed by atoms with E-state index < -0.39 is 0 Å².